The van der Waals surface area contributed by atoms with Gasteiger partial charge in [-0.1, -0.05) is 8.19 Å². The van der Waals surface area contributed by atoms with E-state index in [0.717, 1.165) is 0 Å². The molecule has 0 aromatic carbocycles. The van der Waals surface area contributed by atoms with Crippen molar-refractivity contribution in [3.63, 3.8) is 0 Å². The fraction of sp³-hybridized carbons (Fsp3) is 0. The zero-order chi connectivity index (χ0) is 11.6. The first kappa shape index (κ1) is 11.1. The van der Waals surface area contributed by atoms with Crippen molar-refractivity contribution in [2.75, 3.05) is 0 Å². The Balaban J connectivity index is 3.56. The van der Waals surface area contributed by atoms with Crippen molar-refractivity contribution in [3.8, 4) is 0 Å². The Morgan fingerprint density at radius 2 is 1.27 bits per heavy atom. The van der Waals surface area contributed by atoms with Crippen molar-refractivity contribution in [3.05, 3.63) is 28.3 Å². The van der Waals surface area contributed by atoms with E-state index in [1.807, 2.05) is 0 Å². The Kier molecular flexibility index (Phi) is 3.01. The minimum Gasteiger partial charge on any atom is -0.366 e. The summed E-state index contributed by atoms with van der Waals surface area (Å²) in [6.45, 7) is 0. The summed E-state index contributed by atoms with van der Waals surface area (Å²) in [5.74, 6) is 0.260. The molecule has 0 saturated carbocycles. The van der Waals surface area contributed by atoms with E-state index in [1.54, 1.807) is 0 Å². The average Bonchev–Trinajstić information content (AvgIpc) is 2.16. The van der Waals surface area contributed by atoms with E-state index in [9.17, 15) is 14.4 Å². The van der Waals surface area contributed by atoms with Crippen molar-refractivity contribution in [1.82, 2.24) is 0 Å². The molecule has 1 heterocycles. The van der Waals surface area contributed by atoms with Gasteiger partial charge in [0.2, 0.25) is 17.7 Å². The highest BCUT2D eigenvalue weighted by Crippen LogP contribution is 2.19. The summed E-state index contributed by atoms with van der Waals surface area (Å²) in [7, 11) is 0.553. The molecule has 1 aromatic rings. The minimum atomic E-state index is -0.903. The first-order valence-corrected chi connectivity index (χ1v) is 4.85. The maximum atomic E-state index is 11.1. The van der Waals surface area contributed by atoms with Crippen LogP contribution in [-0.4, -0.2) is 17.7 Å². The summed E-state index contributed by atoms with van der Waals surface area (Å²) in [5, 5.41) is 0. The molecule has 1 aromatic heterocycles. The standard InChI is InChI=1S/C8H8N3O3P/c9-6(12)3-1-15-2-4(7(10)13)5(3)8(11)14/h1-2H,(H2,9,12)(H2,10,13)(H2,11,14). The molecule has 0 aliphatic heterocycles. The summed E-state index contributed by atoms with van der Waals surface area (Å²) in [6.07, 6.45) is 0. The molecule has 0 bridgehead atoms. The molecule has 78 valence electrons. The highest BCUT2D eigenvalue weighted by Gasteiger charge is 2.19. The summed E-state index contributed by atoms with van der Waals surface area (Å²) in [5.41, 5.74) is 14.8. The van der Waals surface area contributed by atoms with Crippen molar-refractivity contribution >= 4 is 25.9 Å². The highest BCUT2D eigenvalue weighted by molar-refractivity contribution is 7.28. The molecule has 0 fully saturated rings. The van der Waals surface area contributed by atoms with Crippen LogP contribution in [0.1, 0.15) is 31.1 Å². The molecule has 7 heteroatoms. The van der Waals surface area contributed by atoms with Crippen LogP contribution >= 0.6 is 8.19 Å². The van der Waals surface area contributed by atoms with Gasteiger partial charge in [-0.05, 0) is 11.6 Å². The van der Waals surface area contributed by atoms with Gasteiger partial charge in [-0.25, -0.2) is 0 Å². The van der Waals surface area contributed by atoms with Crippen LogP contribution in [0, 0.1) is 0 Å². The summed E-state index contributed by atoms with van der Waals surface area (Å²) in [6, 6.07) is 0. The molecule has 6 nitrogen and oxygen atoms in total. The van der Waals surface area contributed by atoms with Crippen LogP contribution in [0.15, 0.2) is 11.6 Å². The third-order valence-electron chi connectivity index (χ3n) is 1.72. The van der Waals surface area contributed by atoms with Crippen LogP contribution < -0.4 is 17.2 Å². The van der Waals surface area contributed by atoms with Crippen molar-refractivity contribution < 1.29 is 14.4 Å². The number of rotatable bonds is 3. The smallest absolute Gasteiger partial charge is 0.250 e. The number of carbonyl (C=O) groups is 3. The van der Waals surface area contributed by atoms with Gasteiger partial charge in [0.05, 0.1) is 16.7 Å². The first-order valence-electron chi connectivity index (χ1n) is 3.82. The van der Waals surface area contributed by atoms with Gasteiger partial charge in [0.1, 0.15) is 0 Å². The Morgan fingerprint density at radius 3 is 1.53 bits per heavy atom. The van der Waals surface area contributed by atoms with E-state index >= 15 is 0 Å². The fourth-order valence-corrected chi connectivity index (χ4v) is 1.98. The molecule has 0 aliphatic rings. The summed E-state index contributed by atoms with van der Waals surface area (Å²) >= 11 is 0. The monoisotopic (exact) mass is 225 g/mol. The number of nitrogens with two attached hydrogens (primary N) is 3. The number of primary amides is 3. The average molecular weight is 225 g/mol. The van der Waals surface area contributed by atoms with E-state index in [2.05, 4.69) is 0 Å². The van der Waals surface area contributed by atoms with Gasteiger partial charge < -0.3 is 17.2 Å². The van der Waals surface area contributed by atoms with Gasteiger partial charge in [-0.2, -0.15) is 0 Å². The maximum absolute atomic E-state index is 11.1. The Morgan fingerprint density at radius 1 is 0.867 bits per heavy atom. The van der Waals surface area contributed by atoms with Crippen LogP contribution in [0.2, 0.25) is 0 Å². The SMILES string of the molecule is NC(=O)c1cpcc(C(N)=O)c1C(N)=O. The Hall–Kier alpha value is -1.94. The van der Waals surface area contributed by atoms with Crippen molar-refractivity contribution in [2.24, 2.45) is 17.2 Å². The lowest BCUT2D eigenvalue weighted by atomic mass is 10.1. The van der Waals surface area contributed by atoms with E-state index in [4.69, 9.17) is 17.2 Å². The van der Waals surface area contributed by atoms with Crippen LogP contribution in [0.4, 0.5) is 0 Å². The molecule has 3 amide bonds. The lowest BCUT2D eigenvalue weighted by Crippen LogP contribution is -2.25. The predicted molar refractivity (Wildman–Crippen MR) is 54.5 cm³/mol. The second-order valence-electron chi connectivity index (χ2n) is 2.70. The summed E-state index contributed by atoms with van der Waals surface area (Å²) in [4.78, 5) is 33.0. The zero-order valence-corrected chi connectivity index (χ0v) is 8.45. The van der Waals surface area contributed by atoms with E-state index in [0.29, 0.717) is 8.19 Å². The Labute approximate surface area is 86.5 Å². The zero-order valence-electron chi connectivity index (χ0n) is 7.56. The number of hydrogen-bond donors (Lipinski definition) is 3. The Bertz CT molecular complexity index is 426. The van der Waals surface area contributed by atoms with Gasteiger partial charge >= 0.3 is 0 Å². The number of amides is 3. The molecule has 0 unspecified atom stereocenters. The topological polar surface area (TPSA) is 129 Å². The molecule has 0 spiro atoms. The third kappa shape index (κ3) is 2.11. The van der Waals surface area contributed by atoms with E-state index < -0.39 is 17.7 Å². The third-order valence-corrected chi connectivity index (χ3v) is 2.54. The van der Waals surface area contributed by atoms with Gasteiger partial charge in [-0.15, -0.1) is 0 Å². The fourth-order valence-electron chi connectivity index (χ4n) is 1.10. The quantitative estimate of drug-likeness (QED) is 0.644. The first-order chi connectivity index (χ1) is 6.95. The molecule has 0 aliphatic carbocycles. The van der Waals surface area contributed by atoms with E-state index in [-0.39, 0.29) is 16.7 Å². The summed E-state index contributed by atoms with van der Waals surface area (Å²) < 4.78 is 0. The molecule has 0 saturated heterocycles. The lowest BCUT2D eigenvalue weighted by Gasteiger charge is -2.06. The van der Waals surface area contributed by atoms with Gasteiger partial charge in [0.25, 0.3) is 0 Å². The normalized spacial score (nSPS) is 9.60. The predicted octanol–water partition coefficient (Wildman–Crippen LogP) is -0.437. The molecular formula is C8H8N3O3P. The molecule has 6 N–H and O–H groups in total. The van der Waals surface area contributed by atoms with Crippen molar-refractivity contribution in [2.45, 2.75) is 0 Å². The van der Waals surface area contributed by atoms with Crippen LogP contribution in [0.5, 0.6) is 0 Å². The molecular weight excluding hydrogens is 217 g/mol. The van der Waals surface area contributed by atoms with E-state index in [1.165, 1.54) is 11.6 Å². The van der Waals surface area contributed by atoms with Crippen LogP contribution in [0.25, 0.3) is 0 Å². The molecule has 1 rings (SSSR count). The van der Waals surface area contributed by atoms with Crippen molar-refractivity contribution in [1.29, 1.82) is 0 Å². The number of carbonyl (C=O) groups excluding carboxylic acids is 3. The lowest BCUT2D eigenvalue weighted by molar-refractivity contribution is 0.0955. The van der Waals surface area contributed by atoms with Crippen LogP contribution in [-0.2, 0) is 0 Å². The number of hydrogen-bond acceptors (Lipinski definition) is 3. The van der Waals surface area contributed by atoms with Gasteiger partial charge in [0, 0.05) is 0 Å². The second kappa shape index (κ2) is 4.06. The molecule has 0 radical (unpaired) electrons. The highest BCUT2D eigenvalue weighted by atomic mass is 31.0. The second-order valence-corrected chi connectivity index (χ2v) is 3.52. The molecule has 0 atom stereocenters. The maximum Gasteiger partial charge on any atom is 0.250 e. The van der Waals surface area contributed by atoms with Gasteiger partial charge in [-0.3, -0.25) is 14.4 Å². The van der Waals surface area contributed by atoms with Gasteiger partial charge in [0.15, 0.2) is 0 Å². The minimum absolute atomic E-state index is 0.0690. The molecule has 15 heavy (non-hydrogen) atoms. The van der Waals surface area contributed by atoms with Crippen LogP contribution in [0.3, 0.4) is 0 Å². The largest absolute Gasteiger partial charge is 0.366 e.